The Labute approximate surface area is 90.5 Å². The average Bonchev–Trinajstić information content (AvgIpc) is 2.84. The molecular weight excluding hydrogens is 218 g/mol. The largest absolute Gasteiger partial charge is 0.301 e. The normalized spacial score (nSPS) is 15.5. The zero-order chi connectivity index (χ0) is 9.97. The van der Waals surface area contributed by atoms with E-state index in [9.17, 15) is 4.79 Å². The number of nitrogens with one attached hydrogen (secondary N) is 1. The summed E-state index contributed by atoms with van der Waals surface area (Å²) >= 11 is 3.17. The Morgan fingerprint density at radius 3 is 3.07 bits per heavy atom. The van der Waals surface area contributed by atoms with Gasteiger partial charge in [0, 0.05) is 12.7 Å². The maximum atomic E-state index is 10.7. The highest BCUT2D eigenvalue weighted by atomic mass is 32.2. The lowest BCUT2D eigenvalue weighted by atomic mass is 10.5. The van der Waals surface area contributed by atoms with Gasteiger partial charge in [0.05, 0.1) is 0 Å². The summed E-state index contributed by atoms with van der Waals surface area (Å²) in [4.78, 5) is 10.7. The van der Waals surface area contributed by atoms with E-state index in [1.165, 1.54) is 31.1 Å². The molecule has 0 radical (unpaired) electrons. The van der Waals surface area contributed by atoms with Crippen LogP contribution in [0.4, 0.5) is 5.13 Å². The van der Waals surface area contributed by atoms with Crippen molar-refractivity contribution in [3.8, 4) is 0 Å². The summed E-state index contributed by atoms with van der Waals surface area (Å²) in [5, 5.41) is 11.1. The van der Waals surface area contributed by atoms with Crippen molar-refractivity contribution in [3.63, 3.8) is 0 Å². The minimum Gasteiger partial charge on any atom is -0.301 e. The minimum absolute atomic E-state index is 0.0973. The van der Waals surface area contributed by atoms with Crippen molar-refractivity contribution in [1.82, 2.24) is 10.2 Å². The molecule has 0 unspecified atom stereocenters. The van der Waals surface area contributed by atoms with Crippen molar-refractivity contribution >= 4 is 34.1 Å². The average molecular weight is 229 g/mol. The first-order valence-corrected chi connectivity index (χ1v) is 6.28. The van der Waals surface area contributed by atoms with Gasteiger partial charge in [-0.15, -0.1) is 10.2 Å². The summed E-state index contributed by atoms with van der Waals surface area (Å²) < 4.78 is 0.945. The fourth-order valence-electron chi connectivity index (χ4n) is 0.943. The molecule has 0 atom stereocenters. The van der Waals surface area contributed by atoms with Gasteiger partial charge in [0.15, 0.2) is 4.34 Å². The summed E-state index contributed by atoms with van der Waals surface area (Å²) in [7, 11) is 0. The molecule has 0 spiro atoms. The molecule has 0 bridgehead atoms. The zero-order valence-corrected chi connectivity index (χ0v) is 9.45. The number of aromatic nitrogens is 2. The molecule has 1 amide bonds. The Kier molecular flexibility index (Phi) is 3.02. The van der Waals surface area contributed by atoms with Crippen molar-refractivity contribution in [2.45, 2.75) is 24.1 Å². The van der Waals surface area contributed by atoms with Crippen LogP contribution in [0.5, 0.6) is 0 Å². The van der Waals surface area contributed by atoms with Gasteiger partial charge in [-0.3, -0.25) is 4.79 Å². The van der Waals surface area contributed by atoms with Gasteiger partial charge in [0.1, 0.15) is 0 Å². The molecule has 1 N–H and O–H groups in total. The highest BCUT2D eigenvalue weighted by molar-refractivity contribution is 8.01. The molecule has 4 nitrogen and oxygen atoms in total. The zero-order valence-electron chi connectivity index (χ0n) is 7.82. The van der Waals surface area contributed by atoms with Crippen LogP contribution in [0.3, 0.4) is 0 Å². The second-order valence-corrected chi connectivity index (χ2v) is 5.55. The van der Waals surface area contributed by atoms with Gasteiger partial charge in [-0.2, -0.15) is 0 Å². The van der Waals surface area contributed by atoms with Crippen LogP contribution >= 0.6 is 23.1 Å². The monoisotopic (exact) mass is 229 g/mol. The molecule has 0 aromatic carbocycles. The lowest BCUT2D eigenvalue weighted by Gasteiger charge is -1.92. The second kappa shape index (κ2) is 4.27. The lowest BCUT2D eigenvalue weighted by molar-refractivity contribution is -0.114. The van der Waals surface area contributed by atoms with Gasteiger partial charge >= 0.3 is 0 Å². The molecule has 76 valence electrons. The van der Waals surface area contributed by atoms with E-state index in [4.69, 9.17) is 0 Å². The van der Waals surface area contributed by atoms with E-state index in [-0.39, 0.29) is 5.91 Å². The van der Waals surface area contributed by atoms with Crippen molar-refractivity contribution < 1.29 is 4.79 Å². The summed E-state index contributed by atoms with van der Waals surface area (Å²) in [5.74, 6) is 1.92. The Balaban J connectivity index is 1.84. The second-order valence-electron chi connectivity index (χ2n) is 3.31. The number of hydrogen-bond donors (Lipinski definition) is 1. The highest BCUT2D eigenvalue weighted by Gasteiger charge is 2.21. The maximum Gasteiger partial charge on any atom is 0.223 e. The van der Waals surface area contributed by atoms with Crippen LogP contribution in [0.1, 0.15) is 19.8 Å². The molecule has 1 aromatic heterocycles. The third-order valence-electron chi connectivity index (χ3n) is 1.83. The van der Waals surface area contributed by atoms with Gasteiger partial charge in [0.2, 0.25) is 11.0 Å². The van der Waals surface area contributed by atoms with Crippen molar-refractivity contribution in [1.29, 1.82) is 0 Å². The van der Waals surface area contributed by atoms with Crippen LogP contribution in [0.15, 0.2) is 4.34 Å². The van der Waals surface area contributed by atoms with Gasteiger partial charge < -0.3 is 5.32 Å². The number of carbonyl (C=O) groups is 1. The van der Waals surface area contributed by atoms with Crippen LogP contribution in [-0.2, 0) is 4.79 Å². The van der Waals surface area contributed by atoms with Crippen molar-refractivity contribution in [3.05, 3.63) is 0 Å². The van der Waals surface area contributed by atoms with E-state index >= 15 is 0 Å². The first-order chi connectivity index (χ1) is 6.74. The van der Waals surface area contributed by atoms with Crippen molar-refractivity contribution in [2.24, 2.45) is 5.92 Å². The predicted molar refractivity (Wildman–Crippen MR) is 57.7 cm³/mol. The summed E-state index contributed by atoms with van der Waals surface area (Å²) in [6.07, 6.45) is 2.70. The number of nitrogens with zero attached hydrogens (tertiary/aromatic N) is 2. The number of anilines is 1. The molecule has 1 fully saturated rings. The number of amides is 1. The van der Waals surface area contributed by atoms with E-state index < -0.39 is 0 Å². The third kappa shape index (κ3) is 2.95. The Morgan fingerprint density at radius 1 is 1.64 bits per heavy atom. The number of carbonyl (C=O) groups excluding carboxylic acids is 1. The van der Waals surface area contributed by atoms with Crippen LogP contribution in [0.2, 0.25) is 0 Å². The van der Waals surface area contributed by atoms with E-state index in [0.717, 1.165) is 16.0 Å². The van der Waals surface area contributed by atoms with Crippen LogP contribution in [0, 0.1) is 5.92 Å². The minimum atomic E-state index is -0.0973. The number of hydrogen-bond acceptors (Lipinski definition) is 5. The smallest absolute Gasteiger partial charge is 0.223 e. The van der Waals surface area contributed by atoms with Gasteiger partial charge in [0.25, 0.3) is 0 Å². The Bertz CT molecular complexity index is 335. The highest BCUT2D eigenvalue weighted by Crippen LogP contribution is 2.36. The fraction of sp³-hybridized carbons (Fsp3) is 0.625. The first kappa shape index (κ1) is 9.92. The molecule has 0 saturated heterocycles. The predicted octanol–water partition coefficient (Wildman–Crippen LogP) is 2.00. The molecular formula is C8H11N3OS2. The first-order valence-electron chi connectivity index (χ1n) is 4.48. The molecule has 1 heterocycles. The molecule has 1 aliphatic carbocycles. The quantitative estimate of drug-likeness (QED) is 0.633. The summed E-state index contributed by atoms with van der Waals surface area (Å²) in [6.45, 7) is 1.47. The SMILES string of the molecule is CC(=O)Nc1nnc(SCC2CC2)s1. The van der Waals surface area contributed by atoms with Crippen molar-refractivity contribution in [2.75, 3.05) is 11.1 Å². The lowest BCUT2D eigenvalue weighted by Crippen LogP contribution is -2.04. The molecule has 14 heavy (non-hydrogen) atoms. The molecule has 1 aliphatic rings. The van der Waals surface area contributed by atoms with E-state index in [0.29, 0.717) is 5.13 Å². The standard InChI is InChI=1S/C8H11N3OS2/c1-5(12)9-7-10-11-8(14-7)13-4-6-2-3-6/h6H,2-4H2,1H3,(H,9,10,12). The van der Waals surface area contributed by atoms with Gasteiger partial charge in [-0.1, -0.05) is 23.1 Å². The maximum absolute atomic E-state index is 10.7. The van der Waals surface area contributed by atoms with E-state index in [1.54, 1.807) is 11.8 Å². The van der Waals surface area contributed by atoms with Crippen LogP contribution < -0.4 is 5.32 Å². The molecule has 6 heteroatoms. The number of rotatable bonds is 4. The third-order valence-corrected chi connectivity index (χ3v) is 4.03. The number of thioether (sulfide) groups is 1. The van der Waals surface area contributed by atoms with Crippen LogP contribution in [0.25, 0.3) is 0 Å². The fourth-order valence-corrected chi connectivity index (χ4v) is 2.95. The Morgan fingerprint density at radius 2 is 2.43 bits per heavy atom. The summed E-state index contributed by atoms with van der Waals surface area (Å²) in [5.41, 5.74) is 0. The topological polar surface area (TPSA) is 54.9 Å². The van der Waals surface area contributed by atoms with Gasteiger partial charge in [-0.05, 0) is 18.8 Å². The molecule has 0 aliphatic heterocycles. The van der Waals surface area contributed by atoms with Gasteiger partial charge in [-0.25, -0.2) is 0 Å². The molecule has 1 saturated carbocycles. The van der Waals surface area contributed by atoms with E-state index in [2.05, 4.69) is 15.5 Å². The molecule has 1 aromatic rings. The Hall–Kier alpha value is -0.620. The van der Waals surface area contributed by atoms with E-state index in [1.807, 2.05) is 0 Å². The summed E-state index contributed by atoms with van der Waals surface area (Å²) in [6, 6.07) is 0. The molecule has 2 rings (SSSR count). The van der Waals surface area contributed by atoms with Crippen LogP contribution in [-0.4, -0.2) is 21.9 Å².